The van der Waals surface area contributed by atoms with Gasteiger partial charge in [0, 0.05) is 18.8 Å². The van der Waals surface area contributed by atoms with Crippen LogP contribution in [0.2, 0.25) is 0 Å². The molecule has 0 bridgehead atoms. The summed E-state index contributed by atoms with van der Waals surface area (Å²) in [5, 5.41) is 6.71. The maximum atomic E-state index is 4.37. The average Bonchev–Trinajstić information content (AvgIpc) is 2.50. The summed E-state index contributed by atoms with van der Waals surface area (Å²) in [7, 11) is 0. The summed E-state index contributed by atoms with van der Waals surface area (Å²) >= 11 is 0. The van der Waals surface area contributed by atoms with E-state index in [1.54, 1.807) is 0 Å². The third kappa shape index (κ3) is 1.57. The van der Waals surface area contributed by atoms with Crippen LogP contribution in [0.3, 0.4) is 0 Å². The molecule has 78 valence electrons. The molecule has 2 heterocycles. The normalized spacial score (nSPS) is 16.6. The molecule has 0 aliphatic carbocycles. The van der Waals surface area contributed by atoms with Gasteiger partial charge in [0.25, 0.3) is 0 Å². The third-order valence-electron chi connectivity index (χ3n) is 2.75. The lowest BCUT2D eigenvalue weighted by Gasteiger charge is -2.28. The van der Waals surface area contributed by atoms with E-state index in [0.717, 1.165) is 35.6 Å². The number of nitrogens with zero attached hydrogens (tertiary/aromatic N) is 1. The van der Waals surface area contributed by atoms with Crippen molar-refractivity contribution in [3.8, 4) is 0 Å². The molecule has 0 radical (unpaired) electrons. The molecule has 2 aromatic rings. The van der Waals surface area contributed by atoms with Gasteiger partial charge >= 0.3 is 0 Å². The highest BCUT2D eigenvalue weighted by atomic mass is 15.1. The van der Waals surface area contributed by atoms with Crippen LogP contribution in [0.5, 0.6) is 0 Å². The lowest BCUT2D eigenvalue weighted by Crippen LogP contribution is -2.51. The molecule has 1 aromatic carbocycles. The molecule has 1 aliphatic heterocycles. The number of anilines is 1. The van der Waals surface area contributed by atoms with Gasteiger partial charge in [-0.2, -0.15) is 0 Å². The monoisotopic (exact) mass is 202 g/mol. The molecular weight excluding hydrogens is 188 g/mol. The summed E-state index contributed by atoms with van der Waals surface area (Å²) in [6.07, 6.45) is 0. The predicted molar refractivity (Wildman–Crippen MR) is 61.1 cm³/mol. The number of aryl methyl sites for hydroxylation is 1. The van der Waals surface area contributed by atoms with E-state index >= 15 is 0 Å². The van der Waals surface area contributed by atoms with E-state index < -0.39 is 0 Å². The highest BCUT2D eigenvalue weighted by Crippen LogP contribution is 2.18. The Hall–Kier alpha value is -1.55. The van der Waals surface area contributed by atoms with E-state index in [1.807, 2.05) is 13.0 Å². The molecule has 3 rings (SSSR count). The summed E-state index contributed by atoms with van der Waals surface area (Å²) in [6, 6.07) is 6.83. The lowest BCUT2D eigenvalue weighted by molar-refractivity contribution is 0.472. The Balaban J connectivity index is 1.90. The Morgan fingerprint density at radius 2 is 2.27 bits per heavy atom. The number of imidazole rings is 1. The van der Waals surface area contributed by atoms with Gasteiger partial charge in [0.2, 0.25) is 0 Å². The predicted octanol–water partition coefficient (Wildman–Crippen LogP) is 1.26. The van der Waals surface area contributed by atoms with Crippen molar-refractivity contribution < 1.29 is 0 Å². The van der Waals surface area contributed by atoms with Gasteiger partial charge in [-0.15, -0.1) is 0 Å². The zero-order valence-corrected chi connectivity index (χ0v) is 8.67. The van der Waals surface area contributed by atoms with Crippen LogP contribution in [-0.2, 0) is 0 Å². The zero-order chi connectivity index (χ0) is 10.3. The first-order chi connectivity index (χ1) is 7.31. The third-order valence-corrected chi connectivity index (χ3v) is 2.75. The van der Waals surface area contributed by atoms with Crippen molar-refractivity contribution >= 4 is 16.7 Å². The Morgan fingerprint density at radius 3 is 3.00 bits per heavy atom. The number of hydrogen-bond acceptors (Lipinski definition) is 3. The smallest absolute Gasteiger partial charge is 0.104 e. The largest absolute Gasteiger partial charge is 0.380 e. The van der Waals surface area contributed by atoms with E-state index in [2.05, 4.69) is 32.7 Å². The van der Waals surface area contributed by atoms with Crippen LogP contribution >= 0.6 is 0 Å². The highest BCUT2D eigenvalue weighted by Gasteiger charge is 2.15. The second kappa shape index (κ2) is 3.24. The van der Waals surface area contributed by atoms with Crippen LogP contribution in [0.4, 0.5) is 5.69 Å². The van der Waals surface area contributed by atoms with Crippen molar-refractivity contribution in [2.24, 2.45) is 0 Å². The maximum Gasteiger partial charge on any atom is 0.104 e. The van der Waals surface area contributed by atoms with Crippen LogP contribution in [0.1, 0.15) is 5.82 Å². The molecule has 1 aromatic heterocycles. The molecule has 4 nitrogen and oxygen atoms in total. The molecule has 3 N–H and O–H groups in total. The van der Waals surface area contributed by atoms with Crippen molar-refractivity contribution in [3.05, 3.63) is 24.0 Å². The Morgan fingerprint density at radius 1 is 1.40 bits per heavy atom. The number of benzene rings is 1. The molecule has 1 saturated heterocycles. The summed E-state index contributed by atoms with van der Waals surface area (Å²) in [6.45, 7) is 4.09. The van der Waals surface area contributed by atoms with E-state index in [1.165, 1.54) is 0 Å². The average molecular weight is 202 g/mol. The molecule has 0 amide bonds. The minimum Gasteiger partial charge on any atom is -0.380 e. The Kier molecular flexibility index (Phi) is 1.89. The van der Waals surface area contributed by atoms with E-state index in [9.17, 15) is 0 Å². The summed E-state index contributed by atoms with van der Waals surface area (Å²) in [5.74, 6) is 0.965. The van der Waals surface area contributed by atoms with E-state index in [0.29, 0.717) is 6.04 Å². The minimum atomic E-state index is 0.575. The molecular formula is C11H14N4. The molecule has 1 aliphatic rings. The van der Waals surface area contributed by atoms with Crippen LogP contribution in [0.15, 0.2) is 18.2 Å². The maximum absolute atomic E-state index is 4.37. The number of aromatic nitrogens is 2. The van der Waals surface area contributed by atoms with Gasteiger partial charge in [-0.05, 0) is 25.1 Å². The number of rotatable bonds is 2. The molecule has 0 saturated carbocycles. The van der Waals surface area contributed by atoms with Gasteiger partial charge in [-0.3, -0.25) is 0 Å². The van der Waals surface area contributed by atoms with Crippen molar-refractivity contribution in [1.29, 1.82) is 0 Å². The molecule has 0 atom stereocenters. The lowest BCUT2D eigenvalue weighted by atomic mass is 10.1. The fraction of sp³-hybridized carbons (Fsp3) is 0.364. The summed E-state index contributed by atoms with van der Waals surface area (Å²) in [4.78, 5) is 7.61. The number of aromatic amines is 1. The molecule has 0 unspecified atom stereocenters. The second-order valence-electron chi connectivity index (χ2n) is 4.05. The first-order valence-electron chi connectivity index (χ1n) is 5.25. The van der Waals surface area contributed by atoms with Crippen molar-refractivity contribution in [2.45, 2.75) is 13.0 Å². The molecule has 15 heavy (non-hydrogen) atoms. The highest BCUT2D eigenvalue weighted by molar-refractivity contribution is 5.79. The van der Waals surface area contributed by atoms with Gasteiger partial charge in [0.1, 0.15) is 5.82 Å². The fourth-order valence-corrected chi connectivity index (χ4v) is 1.85. The van der Waals surface area contributed by atoms with Crippen molar-refractivity contribution in [3.63, 3.8) is 0 Å². The van der Waals surface area contributed by atoms with Crippen LogP contribution in [0.25, 0.3) is 11.0 Å². The number of nitrogens with one attached hydrogen (secondary N) is 3. The van der Waals surface area contributed by atoms with Crippen molar-refractivity contribution in [1.82, 2.24) is 15.3 Å². The van der Waals surface area contributed by atoms with Crippen LogP contribution in [0, 0.1) is 6.92 Å². The van der Waals surface area contributed by atoms with E-state index in [-0.39, 0.29) is 0 Å². The first kappa shape index (κ1) is 8.73. The quantitative estimate of drug-likeness (QED) is 0.687. The number of fused-ring (bicyclic) bond motifs is 1. The number of H-pyrrole nitrogens is 1. The fourth-order valence-electron chi connectivity index (χ4n) is 1.85. The Bertz CT molecular complexity index is 484. The van der Waals surface area contributed by atoms with Gasteiger partial charge < -0.3 is 15.6 Å². The first-order valence-corrected chi connectivity index (χ1v) is 5.25. The molecule has 4 heteroatoms. The molecule has 0 spiro atoms. The van der Waals surface area contributed by atoms with Gasteiger partial charge in [0.05, 0.1) is 17.1 Å². The topological polar surface area (TPSA) is 52.7 Å². The van der Waals surface area contributed by atoms with Crippen LogP contribution < -0.4 is 10.6 Å². The van der Waals surface area contributed by atoms with Gasteiger partial charge in [-0.1, -0.05) is 0 Å². The van der Waals surface area contributed by atoms with Crippen LogP contribution in [-0.4, -0.2) is 29.1 Å². The van der Waals surface area contributed by atoms with Crippen molar-refractivity contribution in [2.75, 3.05) is 18.4 Å². The van der Waals surface area contributed by atoms with Gasteiger partial charge in [-0.25, -0.2) is 4.98 Å². The van der Waals surface area contributed by atoms with E-state index in [4.69, 9.17) is 0 Å². The second-order valence-corrected chi connectivity index (χ2v) is 4.05. The number of hydrogen-bond donors (Lipinski definition) is 3. The Labute approximate surface area is 88.1 Å². The van der Waals surface area contributed by atoms with Gasteiger partial charge in [0.15, 0.2) is 0 Å². The SMILES string of the molecule is Cc1nc2ccc(NC3CNC3)cc2[nH]1. The standard InChI is InChI=1S/C11H14N4/c1-7-13-10-3-2-8(4-11(10)14-7)15-9-5-12-6-9/h2-4,9,12,15H,5-6H2,1H3,(H,13,14). The summed E-state index contributed by atoms with van der Waals surface area (Å²) < 4.78 is 0. The summed E-state index contributed by atoms with van der Waals surface area (Å²) in [5.41, 5.74) is 3.30. The minimum absolute atomic E-state index is 0.575. The molecule has 1 fully saturated rings. The zero-order valence-electron chi connectivity index (χ0n) is 8.67.